The van der Waals surface area contributed by atoms with Crippen molar-refractivity contribution in [2.24, 2.45) is 0 Å². The molecule has 0 aliphatic carbocycles. The van der Waals surface area contributed by atoms with E-state index in [9.17, 15) is 14.4 Å². The van der Waals surface area contributed by atoms with Crippen molar-refractivity contribution in [1.82, 2.24) is 24.3 Å². The molecule has 3 heterocycles. The van der Waals surface area contributed by atoms with Gasteiger partial charge in [-0.3, -0.25) is 19.0 Å². The number of likely N-dealkylation sites (N-methyl/N-ethyl adjacent to an activating group) is 1. The molecule has 0 bridgehead atoms. The minimum absolute atomic E-state index is 0.0523. The van der Waals surface area contributed by atoms with Crippen LogP contribution in [0.4, 0.5) is 0 Å². The van der Waals surface area contributed by atoms with Crippen LogP contribution in [0.2, 0.25) is 0 Å². The number of benzene rings is 3. The summed E-state index contributed by atoms with van der Waals surface area (Å²) in [6.45, 7) is 8.38. The van der Waals surface area contributed by atoms with Crippen molar-refractivity contribution in [3.05, 3.63) is 99.5 Å². The third-order valence-electron chi connectivity index (χ3n) is 9.38. The predicted octanol–water partition coefficient (Wildman–Crippen LogP) is 5.21. The van der Waals surface area contributed by atoms with Gasteiger partial charge in [0.05, 0.1) is 23.3 Å². The van der Waals surface area contributed by atoms with Crippen molar-refractivity contribution in [3.8, 4) is 11.1 Å². The number of carbonyl (C=O) groups is 2. The van der Waals surface area contributed by atoms with Gasteiger partial charge in [0, 0.05) is 32.2 Å². The molecule has 4 aromatic rings. The molecule has 2 amide bonds. The van der Waals surface area contributed by atoms with Gasteiger partial charge in [-0.25, -0.2) is 4.98 Å². The zero-order valence-electron chi connectivity index (χ0n) is 26.0. The fraction of sp³-hybridized carbons (Fsp3) is 0.389. The van der Waals surface area contributed by atoms with Gasteiger partial charge in [-0.2, -0.15) is 0 Å². The van der Waals surface area contributed by atoms with Crippen LogP contribution in [-0.4, -0.2) is 75.8 Å². The molecule has 0 saturated carbocycles. The first kappa shape index (κ1) is 29.8. The number of carbonyl (C=O) groups excluding carboxylic acids is 2. The molecule has 44 heavy (non-hydrogen) atoms. The van der Waals surface area contributed by atoms with E-state index in [2.05, 4.69) is 34.1 Å². The highest BCUT2D eigenvalue weighted by molar-refractivity contribution is 5.95. The van der Waals surface area contributed by atoms with E-state index in [0.29, 0.717) is 11.0 Å². The smallest absolute Gasteiger partial charge is 0.269 e. The Labute approximate surface area is 258 Å². The van der Waals surface area contributed by atoms with Crippen LogP contribution >= 0.6 is 0 Å². The molecular formula is C36H41N5O3. The van der Waals surface area contributed by atoms with Crippen molar-refractivity contribution < 1.29 is 9.59 Å². The SMILES string of the molecule is Cc1cc2ncc(=O)n(CC(=O)N(C)C(CN3CCCC3)c3ccc(-c4cccc(C(=O)N5CCCC5)c4)cc3)c2cc1C. The van der Waals surface area contributed by atoms with Gasteiger partial charge in [-0.1, -0.05) is 36.4 Å². The van der Waals surface area contributed by atoms with E-state index >= 15 is 0 Å². The molecule has 2 aliphatic rings. The number of fused-ring (bicyclic) bond motifs is 1. The second-order valence-electron chi connectivity index (χ2n) is 12.3. The van der Waals surface area contributed by atoms with Crippen molar-refractivity contribution in [2.45, 2.75) is 52.1 Å². The Bertz CT molecular complexity index is 1730. The molecule has 1 atom stereocenters. The van der Waals surface area contributed by atoms with Crippen molar-refractivity contribution in [1.29, 1.82) is 0 Å². The first-order valence-electron chi connectivity index (χ1n) is 15.7. The van der Waals surface area contributed by atoms with Crippen LogP contribution in [-0.2, 0) is 11.3 Å². The molecule has 0 radical (unpaired) electrons. The Hall–Kier alpha value is -4.30. The third-order valence-corrected chi connectivity index (χ3v) is 9.38. The minimum Gasteiger partial charge on any atom is -0.339 e. The lowest BCUT2D eigenvalue weighted by Gasteiger charge is -2.32. The maximum absolute atomic E-state index is 13.8. The summed E-state index contributed by atoms with van der Waals surface area (Å²) in [6.07, 6.45) is 5.76. The van der Waals surface area contributed by atoms with Gasteiger partial charge in [0.2, 0.25) is 5.91 Å². The lowest BCUT2D eigenvalue weighted by atomic mass is 9.98. The third kappa shape index (κ3) is 6.17. The molecule has 0 N–H and O–H groups in total. The molecular weight excluding hydrogens is 550 g/mol. The van der Waals surface area contributed by atoms with Crippen LogP contribution in [0.25, 0.3) is 22.2 Å². The number of nitrogens with zero attached hydrogens (tertiary/aromatic N) is 5. The zero-order valence-corrected chi connectivity index (χ0v) is 26.0. The maximum Gasteiger partial charge on any atom is 0.269 e. The van der Waals surface area contributed by atoms with Gasteiger partial charge < -0.3 is 14.7 Å². The molecule has 2 fully saturated rings. The Kier molecular flexibility index (Phi) is 8.62. The standard InChI is InChI=1S/C36H41N5O3/c1-25-19-31-32(20-26(25)2)41(34(42)22-37-31)24-35(43)38(3)33(23-39-15-4-5-16-39)28-13-11-27(12-14-28)29-9-8-10-30(21-29)36(44)40-17-6-7-18-40/h8-14,19-22,33H,4-7,15-18,23-24H2,1-3H3. The van der Waals surface area contributed by atoms with E-state index < -0.39 is 0 Å². The predicted molar refractivity (Wildman–Crippen MR) is 174 cm³/mol. The Balaban J connectivity index is 1.26. The zero-order chi connectivity index (χ0) is 30.8. The minimum atomic E-state index is -0.284. The molecule has 2 saturated heterocycles. The average Bonchev–Trinajstić information content (AvgIpc) is 3.77. The van der Waals surface area contributed by atoms with E-state index in [-0.39, 0.29) is 30.0 Å². The summed E-state index contributed by atoms with van der Waals surface area (Å²) in [5.41, 5.74) is 7.03. The van der Waals surface area contributed by atoms with E-state index in [1.807, 2.05) is 62.2 Å². The molecule has 6 rings (SSSR count). The van der Waals surface area contributed by atoms with Gasteiger partial charge in [0.25, 0.3) is 11.5 Å². The highest BCUT2D eigenvalue weighted by Gasteiger charge is 2.27. The van der Waals surface area contributed by atoms with Crippen LogP contribution in [0, 0.1) is 13.8 Å². The van der Waals surface area contributed by atoms with E-state index in [1.54, 1.807) is 9.47 Å². The second-order valence-corrected chi connectivity index (χ2v) is 12.3. The number of amides is 2. The fourth-order valence-corrected chi connectivity index (χ4v) is 6.50. The Morgan fingerprint density at radius 1 is 0.864 bits per heavy atom. The number of aryl methyl sites for hydroxylation is 2. The van der Waals surface area contributed by atoms with Gasteiger partial charge >= 0.3 is 0 Å². The van der Waals surface area contributed by atoms with Crippen molar-refractivity contribution in [2.75, 3.05) is 39.8 Å². The maximum atomic E-state index is 13.8. The number of rotatable bonds is 8. The summed E-state index contributed by atoms with van der Waals surface area (Å²) in [5, 5.41) is 0. The second kappa shape index (κ2) is 12.7. The molecule has 2 aliphatic heterocycles. The monoisotopic (exact) mass is 591 g/mol. The highest BCUT2D eigenvalue weighted by Crippen LogP contribution is 2.28. The van der Waals surface area contributed by atoms with Crippen LogP contribution in [0.1, 0.15) is 58.8 Å². The summed E-state index contributed by atoms with van der Waals surface area (Å²) >= 11 is 0. The fourth-order valence-electron chi connectivity index (χ4n) is 6.50. The van der Waals surface area contributed by atoms with Crippen molar-refractivity contribution in [3.63, 3.8) is 0 Å². The molecule has 3 aromatic carbocycles. The van der Waals surface area contributed by atoms with Crippen LogP contribution in [0.15, 0.2) is 71.7 Å². The number of hydrogen-bond donors (Lipinski definition) is 0. The molecule has 8 nitrogen and oxygen atoms in total. The van der Waals surface area contributed by atoms with Gasteiger partial charge in [0.1, 0.15) is 6.54 Å². The van der Waals surface area contributed by atoms with E-state index in [0.717, 1.165) is 91.8 Å². The molecule has 1 unspecified atom stereocenters. The van der Waals surface area contributed by atoms with Crippen molar-refractivity contribution >= 4 is 22.8 Å². The normalized spacial score (nSPS) is 16.0. The molecule has 8 heteroatoms. The molecule has 1 aromatic heterocycles. The van der Waals surface area contributed by atoms with Gasteiger partial charge in [0.15, 0.2) is 0 Å². The summed E-state index contributed by atoms with van der Waals surface area (Å²) in [4.78, 5) is 50.2. The highest BCUT2D eigenvalue weighted by atomic mass is 16.2. The first-order valence-corrected chi connectivity index (χ1v) is 15.7. The summed E-state index contributed by atoms with van der Waals surface area (Å²) in [5.74, 6) is -0.0302. The Morgan fingerprint density at radius 3 is 2.27 bits per heavy atom. The summed E-state index contributed by atoms with van der Waals surface area (Å²) in [7, 11) is 1.84. The van der Waals surface area contributed by atoms with Crippen LogP contribution in [0.3, 0.4) is 0 Å². The first-order chi connectivity index (χ1) is 21.3. The topological polar surface area (TPSA) is 78.8 Å². The quantitative estimate of drug-likeness (QED) is 0.281. The Morgan fingerprint density at radius 2 is 1.55 bits per heavy atom. The van der Waals surface area contributed by atoms with Gasteiger partial charge in [-0.05, 0) is 105 Å². The summed E-state index contributed by atoms with van der Waals surface area (Å²) in [6, 6.07) is 19.9. The van der Waals surface area contributed by atoms with Gasteiger partial charge in [-0.15, -0.1) is 0 Å². The van der Waals surface area contributed by atoms with Crippen LogP contribution < -0.4 is 5.56 Å². The number of aromatic nitrogens is 2. The van der Waals surface area contributed by atoms with E-state index in [1.165, 1.54) is 6.20 Å². The number of hydrogen-bond acceptors (Lipinski definition) is 5. The lowest BCUT2D eigenvalue weighted by molar-refractivity contribution is -0.133. The average molecular weight is 592 g/mol. The molecule has 228 valence electrons. The lowest BCUT2D eigenvalue weighted by Crippen LogP contribution is -2.41. The number of likely N-dealkylation sites (tertiary alicyclic amines) is 2. The van der Waals surface area contributed by atoms with E-state index in [4.69, 9.17) is 0 Å². The molecule has 0 spiro atoms. The largest absolute Gasteiger partial charge is 0.339 e. The summed E-state index contributed by atoms with van der Waals surface area (Å²) < 4.78 is 1.54. The van der Waals surface area contributed by atoms with Crippen LogP contribution in [0.5, 0.6) is 0 Å².